The average molecular weight is 515 g/mol. The molecule has 8 heteroatoms. The zero-order chi connectivity index (χ0) is 23.2. The largest absolute Gasteiger partial charge is 0.338 e. The Labute approximate surface area is 202 Å². The van der Waals surface area contributed by atoms with Crippen molar-refractivity contribution in [2.45, 2.75) is 38.1 Å². The Morgan fingerprint density at radius 1 is 1.18 bits per heavy atom. The van der Waals surface area contributed by atoms with Crippen molar-refractivity contribution in [1.82, 2.24) is 15.2 Å². The summed E-state index contributed by atoms with van der Waals surface area (Å²) in [4.78, 5) is 27.3. The van der Waals surface area contributed by atoms with E-state index in [1.165, 1.54) is 22.7 Å². The second-order valence-corrected chi connectivity index (χ2v) is 8.93. The van der Waals surface area contributed by atoms with E-state index in [0.29, 0.717) is 25.9 Å². The summed E-state index contributed by atoms with van der Waals surface area (Å²) in [5, 5.41) is 9.80. The number of urea groups is 1. The third-order valence-corrected chi connectivity index (χ3v) is 6.81. The van der Waals surface area contributed by atoms with Crippen LogP contribution in [-0.2, 0) is 4.79 Å². The lowest BCUT2D eigenvalue weighted by atomic mass is 9.98. The van der Waals surface area contributed by atoms with Crippen molar-refractivity contribution in [3.63, 3.8) is 0 Å². The van der Waals surface area contributed by atoms with Crippen LogP contribution in [0.3, 0.4) is 0 Å². The van der Waals surface area contributed by atoms with Gasteiger partial charge in [-0.05, 0) is 49.0 Å². The fraction of sp³-hybridized carbons (Fsp3) is 0.400. The minimum Gasteiger partial charge on any atom is -0.332 e. The molecule has 1 atom stereocenters. The number of amides is 3. The minimum absolute atomic E-state index is 0.107. The van der Waals surface area contributed by atoms with Crippen LogP contribution in [0.4, 0.5) is 9.18 Å². The number of rotatable bonds is 5. The minimum atomic E-state index is -0.328. The maximum Gasteiger partial charge on any atom is 0.338 e. The first-order valence-corrected chi connectivity index (χ1v) is 12.4. The van der Waals surface area contributed by atoms with E-state index >= 15 is 0 Å². The molecular formula is C25H28BrFN4O2. The van der Waals surface area contributed by atoms with Gasteiger partial charge >= 0.3 is 6.03 Å². The van der Waals surface area contributed by atoms with Crippen LogP contribution >= 0.6 is 15.9 Å². The molecule has 0 aromatic rings. The van der Waals surface area contributed by atoms with E-state index in [4.69, 9.17) is 0 Å². The molecule has 2 aliphatic heterocycles. The summed E-state index contributed by atoms with van der Waals surface area (Å²) in [5.74, 6) is -0.173. The summed E-state index contributed by atoms with van der Waals surface area (Å²) in [7, 11) is 0. The van der Waals surface area contributed by atoms with Crippen LogP contribution in [0, 0.1) is 0 Å². The van der Waals surface area contributed by atoms with Crippen molar-refractivity contribution in [2.75, 3.05) is 25.0 Å². The van der Waals surface area contributed by atoms with Crippen LogP contribution in [0.5, 0.6) is 0 Å². The SMILES string of the molecule is O=C(NCC1=CCC=C(F)C=C1)N1CC(N2CCCC2=O)C(/C2=C/C/C=C(/CBr)CC=C2)=N1. The first-order valence-electron chi connectivity index (χ1n) is 11.3. The Morgan fingerprint density at radius 2 is 2.03 bits per heavy atom. The maximum atomic E-state index is 13.4. The summed E-state index contributed by atoms with van der Waals surface area (Å²) in [5.41, 5.74) is 3.86. The van der Waals surface area contributed by atoms with Gasteiger partial charge in [0.2, 0.25) is 5.91 Å². The Balaban J connectivity index is 1.50. The van der Waals surface area contributed by atoms with E-state index in [1.54, 1.807) is 6.08 Å². The highest BCUT2D eigenvalue weighted by atomic mass is 79.9. The molecule has 0 saturated carbocycles. The van der Waals surface area contributed by atoms with E-state index in [-0.39, 0.29) is 30.4 Å². The predicted octanol–water partition coefficient (Wildman–Crippen LogP) is 4.70. The van der Waals surface area contributed by atoms with Crippen LogP contribution in [-0.4, -0.2) is 58.6 Å². The smallest absolute Gasteiger partial charge is 0.332 e. The topological polar surface area (TPSA) is 65.0 Å². The molecule has 4 rings (SSSR count). The van der Waals surface area contributed by atoms with E-state index in [2.05, 4.69) is 44.6 Å². The van der Waals surface area contributed by atoms with Gasteiger partial charge in [-0.3, -0.25) is 4.79 Å². The molecule has 1 fully saturated rings. The second kappa shape index (κ2) is 10.9. The van der Waals surface area contributed by atoms with Gasteiger partial charge in [-0.1, -0.05) is 58.0 Å². The molecule has 3 amide bonds. The fourth-order valence-electron chi connectivity index (χ4n) is 4.30. The Morgan fingerprint density at radius 3 is 2.82 bits per heavy atom. The number of alkyl halides is 1. The summed E-state index contributed by atoms with van der Waals surface area (Å²) in [6, 6.07) is -0.582. The van der Waals surface area contributed by atoms with Gasteiger partial charge < -0.3 is 10.2 Å². The lowest BCUT2D eigenvalue weighted by Gasteiger charge is -2.25. The highest BCUT2D eigenvalue weighted by molar-refractivity contribution is 9.09. The third kappa shape index (κ3) is 5.79. The fourth-order valence-corrected chi connectivity index (χ4v) is 4.75. The number of hydrazone groups is 1. The van der Waals surface area contributed by atoms with Crippen LogP contribution in [0.15, 0.2) is 76.3 Å². The summed E-state index contributed by atoms with van der Waals surface area (Å²) in [6.07, 6.45) is 18.4. The molecule has 1 unspecified atom stereocenters. The first kappa shape index (κ1) is 23.4. The lowest BCUT2D eigenvalue weighted by molar-refractivity contribution is -0.128. The molecule has 2 heterocycles. The molecule has 0 bridgehead atoms. The van der Waals surface area contributed by atoms with Crippen molar-refractivity contribution in [3.05, 3.63) is 71.2 Å². The van der Waals surface area contributed by atoms with Crippen molar-refractivity contribution in [3.8, 4) is 0 Å². The number of nitrogens with one attached hydrogen (secondary N) is 1. The molecule has 0 aromatic heterocycles. The Kier molecular flexibility index (Phi) is 7.75. The highest BCUT2D eigenvalue weighted by Crippen LogP contribution is 2.25. The predicted molar refractivity (Wildman–Crippen MR) is 132 cm³/mol. The lowest BCUT2D eigenvalue weighted by Crippen LogP contribution is -2.46. The number of carbonyl (C=O) groups excluding carboxylic acids is 2. The second-order valence-electron chi connectivity index (χ2n) is 8.37. The number of likely N-dealkylation sites (tertiary alicyclic amines) is 1. The van der Waals surface area contributed by atoms with Gasteiger partial charge in [-0.15, -0.1) is 0 Å². The van der Waals surface area contributed by atoms with E-state index in [1.807, 2.05) is 17.1 Å². The molecule has 0 radical (unpaired) electrons. The van der Waals surface area contributed by atoms with Crippen molar-refractivity contribution >= 4 is 33.6 Å². The van der Waals surface area contributed by atoms with Gasteiger partial charge in [0.1, 0.15) is 5.83 Å². The number of nitrogens with zero attached hydrogens (tertiary/aromatic N) is 3. The molecule has 1 N–H and O–H groups in total. The van der Waals surface area contributed by atoms with Crippen LogP contribution in [0.25, 0.3) is 0 Å². The van der Waals surface area contributed by atoms with Crippen LogP contribution in [0.2, 0.25) is 0 Å². The molecule has 6 nitrogen and oxygen atoms in total. The summed E-state index contributed by atoms with van der Waals surface area (Å²) >= 11 is 3.52. The van der Waals surface area contributed by atoms with Crippen molar-refractivity contribution < 1.29 is 14.0 Å². The number of hydrogen-bond acceptors (Lipinski definition) is 3. The average Bonchev–Trinajstić information content (AvgIpc) is 3.35. The number of allylic oxidation sites excluding steroid dienone is 9. The number of halogens is 2. The molecule has 33 heavy (non-hydrogen) atoms. The number of carbonyl (C=O) groups is 2. The highest BCUT2D eigenvalue weighted by Gasteiger charge is 2.39. The van der Waals surface area contributed by atoms with E-state index in [9.17, 15) is 14.0 Å². The zero-order valence-corrected chi connectivity index (χ0v) is 20.1. The van der Waals surface area contributed by atoms with E-state index < -0.39 is 0 Å². The monoisotopic (exact) mass is 514 g/mol. The van der Waals surface area contributed by atoms with Gasteiger partial charge in [-0.2, -0.15) is 5.10 Å². The molecule has 1 saturated heterocycles. The van der Waals surface area contributed by atoms with Crippen molar-refractivity contribution in [1.29, 1.82) is 0 Å². The Bertz CT molecular complexity index is 1020. The standard InChI is InChI=1S/C25H28BrFN4O2/c26-15-18-5-1-8-20(9-2-6-18)24-22(30-14-4-11-23(30)32)17-31(29-24)25(33)28-16-19-7-3-10-21(27)13-12-19/h1,6-10,12-13,22H,2-5,11,14-17H2,(H,28,33)/b8-1?,18-6+,20-9+. The Hall–Kier alpha value is -2.74. The first-order chi connectivity index (χ1) is 16.0. The quantitative estimate of drug-likeness (QED) is 0.427. The van der Waals surface area contributed by atoms with Gasteiger partial charge in [0.05, 0.1) is 18.3 Å². The van der Waals surface area contributed by atoms with E-state index in [0.717, 1.165) is 41.5 Å². The normalized spacial score (nSPS) is 26.4. The van der Waals surface area contributed by atoms with Gasteiger partial charge in [-0.25, -0.2) is 14.2 Å². The van der Waals surface area contributed by atoms with Crippen LogP contribution < -0.4 is 5.32 Å². The molecule has 4 aliphatic rings. The molecular weight excluding hydrogens is 487 g/mol. The number of hydrogen-bond donors (Lipinski definition) is 1. The zero-order valence-electron chi connectivity index (χ0n) is 18.5. The molecule has 2 aliphatic carbocycles. The van der Waals surface area contributed by atoms with Crippen molar-refractivity contribution in [2.24, 2.45) is 5.10 Å². The van der Waals surface area contributed by atoms with Gasteiger partial charge in [0.25, 0.3) is 0 Å². The van der Waals surface area contributed by atoms with Gasteiger partial charge in [0, 0.05) is 24.8 Å². The third-order valence-electron chi connectivity index (χ3n) is 6.09. The molecule has 0 spiro atoms. The summed E-state index contributed by atoms with van der Waals surface area (Å²) in [6.45, 7) is 1.29. The molecule has 0 aromatic carbocycles. The van der Waals surface area contributed by atoms with Gasteiger partial charge in [0.15, 0.2) is 0 Å². The van der Waals surface area contributed by atoms with Crippen LogP contribution in [0.1, 0.15) is 32.1 Å². The molecule has 174 valence electrons. The summed E-state index contributed by atoms with van der Waals surface area (Å²) < 4.78 is 13.4. The maximum absolute atomic E-state index is 13.4.